The van der Waals surface area contributed by atoms with E-state index in [0.29, 0.717) is 13.0 Å². The average molecular weight is 370 g/mol. The number of nitrogens with zero attached hydrogens (tertiary/aromatic N) is 3. The molecule has 1 aromatic carbocycles. The first-order chi connectivity index (χ1) is 11.9. The molecule has 3 rings (SSSR count). The Morgan fingerprint density at radius 2 is 1.92 bits per heavy atom. The van der Waals surface area contributed by atoms with Gasteiger partial charge in [-0.2, -0.15) is 4.31 Å². The number of nitrogens with one attached hydrogen (secondary N) is 1. The second-order valence-electron chi connectivity index (χ2n) is 5.59. The zero-order valence-corrected chi connectivity index (χ0v) is 14.0. The van der Waals surface area contributed by atoms with Gasteiger partial charge in [0.1, 0.15) is 0 Å². The number of H-pyrrole nitrogens is 1. The maximum atomic E-state index is 13.3. The summed E-state index contributed by atoms with van der Waals surface area (Å²) in [5.74, 6) is -2.58. The third-order valence-corrected chi connectivity index (χ3v) is 5.82. The number of aromatic nitrogens is 2. The number of benzene rings is 1. The van der Waals surface area contributed by atoms with Crippen LogP contribution in [0.5, 0.6) is 0 Å². The van der Waals surface area contributed by atoms with Crippen molar-refractivity contribution in [2.45, 2.75) is 11.4 Å². The maximum absolute atomic E-state index is 13.3. The zero-order valence-electron chi connectivity index (χ0n) is 13.2. The predicted octanol–water partition coefficient (Wildman–Crippen LogP) is 1.22. The summed E-state index contributed by atoms with van der Waals surface area (Å²) in [5, 5.41) is -0.00659. The minimum atomic E-state index is -3.70. The van der Waals surface area contributed by atoms with Crippen molar-refractivity contribution in [3.63, 3.8) is 0 Å². The Morgan fingerprint density at radius 1 is 1.12 bits per heavy atom. The highest BCUT2D eigenvalue weighted by Crippen LogP contribution is 2.17. The van der Waals surface area contributed by atoms with Gasteiger partial charge in [-0.25, -0.2) is 22.2 Å². The molecular weight excluding hydrogens is 354 g/mol. The minimum absolute atomic E-state index is 0.00659. The normalized spacial score (nSPS) is 16.6. The Bertz CT molecular complexity index is 871. The molecule has 7 nitrogen and oxygen atoms in total. The van der Waals surface area contributed by atoms with Gasteiger partial charge in [0.2, 0.25) is 0 Å². The van der Waals surface area contributed by atoms with Crippen molar-refractivity contribution in [3.8, 4) is 0 Å². The molecule has 0 atom stereocenters. The van der Waals surface area contributed by atoms with Crippen molar-refractivity contribution in [2.24, 2.45) is 0 Å². The molecule has 1 fully saturated rings. The van der Waals surface area contributed by atoms with E-state index in [1.807, 2.05) is 0 Å². The number of aromatic amines is 1. The molecule has 0 saturated carbocycles. The molecule has 134 valence electrons. The molecule has 0 radical (unpaired) electrons. The number of rotatable bonds is 3. The highest BCUT2D eigenvalue weighted by atomic mass is 32.2. The Balaban J connectivity index is 1.73. The van der Waals surface area contributed by atoms with Gasteiger partial charge in [-0.3, -0.25) is 4.79 Å². The van der Waals surface area contributed by atoms with E-state index in [1.165, 1.54) is 27.8 Å². The summed E-state index contributed by atoms with van der Waals surface area (Å²) in [7, 11) is -3.70. The van der Waals surface area contributed by atoms with Crippen LogP contribution in [-0.2, 0) is 10.0 Å². The first-order valence-corrected chi connectivity index (χ1v) is 9.06. The van der Waals surface area contributed by atoms with E-state index < -0.39 is 27.6 Å². The molecule has 1 aliphatic rings. The summed E-state index contributed by atoms with van der Waals surface area (Å²) in [4.78, 5) is 20.2. The fourth-order valence-corrected chi connectivity index (χ4v) is 4.04. The molecular formula is C15H16F2N4O3S. The second-order valence-corrected chi connectivity index (χ2v) is 7.50. The fourth-order valence-electron chi connectivity index (χ4n) is 2.67. The lowest BCUT2D eigenvalue weighted by atomic mass is 10.2. The van der Waals surface area contributed by atoms with Gasteiger partial charge in [0, 0.05) is 31.7 Å². The number of imidazole rings is 1. The Labute approximate surface area is 143 Å². The lowest BCUT2D eigenvalue weighted by molar-refractivity contribution is 0.0763. The highest BCUT2D eigenvalue weighted by molar-refractivity contribution is 7.89. The Hall–Kier alpha value is -2.33. The number of hydrogen-bond donors (Lipinski definition) is 1. The molecule has 0 bridgehead atoms. The third kappa shape index (κ3) is 3.54. The largest absolute Gasteiger partial charge is 0.337 e. The summed E-state index contributed by atoms with van der Waals surface area (Å²) in [6.07, 6.45) is 2.94. The van der Waals surface area contributed by atoms with Crippen molar-refractivity contribution >= 4 is 15.9 Å². The van der Waals surface area contributed by atoms with Crippen LogP contribution < -0.4 is 0 Å². The first kappa shape index (κ1) is 17.5. The zero-order chi connectivity index (χ0) is 18.0. The van der Waals surface area contributed by atoms with Crippen molar-refractivity contribution in [1.82, 2.24) is 19.2 Å². The quantitative estimate of drug-likeness (QED) is 0.880. The monoisotopic (exact) mass is 370 g/mol. The number of carbonyl (C=O) groups excluding carboxylic acids is 1. The summed E-state index contributed by atoms with van der Waals surface area (Å²) in [6.45, 7) is 0.845. The lowest BCUT2D eigenvalue weighted by Gasteiger charge is -2.21. The van der Waals surface area contributed by atoms with E-state index in [4.69, 9.17) is 0 Å². The molecule has 0 aliphatic carbocycles. The van der Waals surface area contributed by atoms with Gasteiger partial charge in [0.25, 0.3) is 15.9 Å². The molecule has 0 unspecified atom stereocenters. The van der Waals surface area contributed by atoms with Crippen LogP contribution in [0.3, 0.4) is 0 Å². The third-order valence-electron chi connectivity index (χ3n) is 4.00. The molecule has 1 aromatic heterocycles. The molecule has 1 aliphatic heterocycles. The standard InChI is InChI=1S/C15H16F2N4O3S/c16-12-3-2-11(8-13(12)17)15(22)20-4-1-5-21(7-6-20)25(23,24)14-9-18-10-19-14/h2-3,8-10H,1,4-7H2,(H,18,19). The van der Waals surface area contributed by atoms with Crippen LogP contribution in [0.15, 0.2) is 35.7 Å². The number of halogens is 2. The van der Waals surface area contributed by atoms with Crippen LogP contribution in [-0.4, -0.2) is 59.7 Å². The molecule has 2 heterocycles. The fraction of sp³-hybridized carbons (Fsp3) is 0.333. The van der Waals surface area contributed by atoms with E-state index in [0.717, 1.165) is 12.1 Å². The SMILES string of the molecule is O=C(c1ccc(F)c(F)c1)N1CCCN(S(=O)(=O)c2cnc[nH]2)CC1. The second kappa shape index (κ2) is 6.89. The van der Waals surface area contributed by atoms with Crippen LogP contribution in [0, 0.1) is 11.6 Å². The van der Waals surface area contributed by atoms with E-state index in [9.17, 15) is 22.0 Å². The molecule has 0 spiro atoms. The van der Waals surface area contributed by atoms with Crippen molar-refractivity contribution < 1.29 is 22.0 Å². The van der Waals surface area contributed by atoms with Gasteiger partial charge < -0.3 is 9.88 Å². The van der Waals surface area contributed by atoms with Crippen LogP contribution in [0.4, 0.5) is 8.78 Å². The molecule has 10 heteroatoms. The van der Waals surface area contributed by atoms with Gasteiger partial charge >= 0.3 is 0 Å². The highest BCUT2D eigenvalue weighted by Gasteiger charge is 2.29. The number of sulfonamides is 1. The predicted molar refractivity (Wildman–Crippen MR) is 84.2 cm³/mol. The number of amides is 1. The van der Waals surface area contributed by atoms with Crippen molar-refractivity contribution in [1.29, 1.82) is 0 Å². The summed E-state index contributed by atoms with van der Waals surface area (Å²) in [6, 6.07) is 2.96. The molecule has 2 aromatic rings. The van der Waals surface area contributed by atoms with E-state index >= 15 is 0 Å². The van der Waals surface area contributed by atoms with Crippen molar-refractivity contribution in [2.75, 3.05) is 26.2 Å². The van der Waals surface area contributed by atoms with Crippen LogP contribution in [0.2, 0.25) is 0 Å². The van der Waals surface area contributed by atoms with E-state index in [-0.39, 0.29) is 30.2 Å². The molecule has 25 heavy (non-hydrogen) atoms. The van der Waals surface area contributed by atoms with Crippen LogP contribution in [0.1, 0.15) is 16.8 Å². The average Bonchev–Trinajstić information content (AvgIpc) is 3.02. The van der Waals surface area contributed by atoms with Gasteiger partial charge in [-0.1, -0.05) is 0 Å². The molecule has 1 amide bonds. The molecule has 1 saturated heterocycles. The Morgan fingerprint density at radius 3 is 2.60 bits per heavy atom. The summed E-state index contributed by atoms with van der Waals surface area (Å²) >= 11 is 0. The van der Waals surface area contributed by atoms with Crippen LogP contribution in [0.25, 0.3) is 0 Å². The minimum Gasteiger partial charge on any atom is -0.337 e. The van der Waals surface area contributed by atoms with Gasteiger partial charge in [-0.05, 0) is 24.6 Å². The first-order valence-electron chi connectivity index (χ1n) is 7.62. The van der Waals surface area contributed by atoms with Crippen molar-refractivity contribution in [3.05, 3.63) is 47.9 Å². The van der Waals surface area contributed by atoms with Gasteiger partial charge in [0.05, 0.1) is 12.5 Å². The number of hydrogen-bond acceptors (Lipinski definition) is 4. The smallest absolute Gasteiger partial charge is 0.260 e. The van der Waals surface area contributed by atoms with E-state index in [1.54, 1.807) is 0 Å². The summed E-state index contributed by atoms with van der Waals surface area (Å²) in [5.41, 5.74) is 0.0313. The Kier molecular flexibility index (Phi) is 4.82. The maximum Gasteiger partial charge on any atom is 0.260 e. The number of carbonyl (C=O) groups is 1. The molecule has 1 N–H and O–H groups in total. The van der Waals surface area contributed by atoms with Gasteiger partial charge in [-0.15, -0.1) is 0 Å². The van der Waals surface area contributed by atoms with E-state index in [2.05, 4.69) is 9.97 Å². The van der Waals surface area contributed by atoms with Crippen LogP contribution >= 0.6 is 0 Å². The van der Waals surface area contributed by atoms with Gasteiger partial charge in [0.15, 0.2) is 16.7 Å². The topological polar surface area (TPSA) is 86.4 Å². The lowest BCUT2D eigenvalue weighted by Crippen LogP contribution is -2.37. The summed E-state index contributed by atoms with van der Waals surface area (Å²) < 4.78 is 52.6.